The lowest BCUT2D eigenvalue weighted by atomic mass is 10.1. The molecule has 3 rings (SSSR count). The second-order valence-electron chi connectivity index (χ2n) is 5.95. The van der Waals surface area contributed by atoms with Crippen LogP contribution in [0.15, 0.2) is 52.7 Å². The van der Waals surface area contributed by atoms with Gasteiger partial charge in [-0.3, -0.25) is 0 Å². The number of benzene rings is 2. The lowest BCUT2D eigenvalue weighted by Gasteiger charge is -2.04. The standard InChI is InChI=1S/C19H11N5O7/c1-20-15-14(22-21-12-4-2-3-9(6-12)17(26)27)16(25)24(23-15)13-7-10(18(28)29)5-11(8-13)19(30)31/h2-8,25H,(H,26,27)(H,28,29)(H,30,31)/b22-21+. The highest BCUT2D eigenvalue weighted by Gasteiger charge is 2.23. The Morgan fingerprint density at radius 1 is 0.903 bits per heavy atom. The number of carboxylic acid groups (broad SMARTS) is 3. The summed E-state index contributed by atoms with van der Waals surface area (Å²) in [6, 6.07) is 8.50. The molecule has 1 aromatic heterocycles. The average molecular weight is 421 g/mol. The van der Waals surface area contributed by atoms with Crippen molar-refractivity contribution in [2.24, 2.45) is 10.2 Å². The topological polar surface area (TPSA) is 179 Å². The van der Waals surface area contributed by atoms with Crippen LogP contribution in [0.2, 0.25) is 0 Å². The Bertz CT molecular complexity index is 1270. The molecule has 1 heterocycles. The summed E-state index contributed by atoms with van der Waals surface area (Å²) in [6.07, 6.45) is 0. The minimum absolute atomic E-state index is 0.0477. The van der Waals surface area contributed by atoms with Crippen LogP contribution in [0.25, 0.3) is 10.5 Å². The second kappa shape index (κ2) is 8.13. The summed E-state index contributed by atoms with van der Waals surface area (Å²) in [4.78, 5) is 36.8. The molecule has 0 unspecified atom stereocenters. The number of aromatic hydroxyl groups is 1. The number of hydrogen-bond donors (Lipinski definition) is 4. The molecule has 0 aliphatic heterocycles. The van der Waals surface area contributed by atoms with E-state index in [2.05, 4.69) is 20.2 Å². The minimum Gasteiger partial charge on any atom is -0.491 e. The van der Waals surface area contributed by atoms with Gasteiger partial charge in [0.2, 0.25) is 5.88 Å². The zero-order valence-corrected chi connectivity index (χ0v) is 15.3. The van der Waals surface area contributed by atoms with Gasteiger partial charge in [-0.1, -0.05) is 12.6 Å². The molecule has 31 heavy (non-hydrogen) atoms. The molecule has 0 saturated heterocycles. The third kappa shape index (κ3) is 4.20. The number of aromatic carboxylic acids is 3. The second-order valence-corrected chi connectivity index (χ2v) is 5.95. The third-order valence-electron chi connectivity index (χ3n) is 3.94. The van der Waals surface area contributed by atoms with Crippen LogP contribution in [0.5, 0.6) is 5.88 Å². The summed E-state index contributed by atoms with van der Waals surface area (Å²) in [7, 11) is 0. The van der Waals surface area contributed by atoms with Gasteiger partial charge in [0.15, 0.2) is 5.69 Å². The molecule has 0 bridgehead atoms. The van der Waals surface area contributed by atoms with E-state index in [-0.39, 0.29) is 33.8 Å². The summed E-state index contributed by atoms with van der Waals surface area (Å²) < 4.78 is 0.758. The van der Waals surface area contributed by atoms with Gasteiger partial charge in [-0.2, -0.15) is 10.2 Å². The van der Waals surface area contributed by atoms with Gasteiger partial charge in [-0.15, -0.1) is 4.68 Å². The Morgan fingerprint density at radius 3 is 2.06 bits per heavy atom. The van der Waals surface area contributed by atoms with Gasteiger partial charge in [0.1, 0.15) is 0 Å². The summed E-state index contributed by atoms with van der Waals surface area (Å²) in [6.45, 7) is 7.22. The fraction of sp³-hybridized carbons (Fsp3) is 0. The van der Waals surface area contributed by atoms with Gasteiger partial charge in [0, 0.05) is 0 Å². The van der Waals surface area contributed by atoms with Crippen molar-refractivity contribution in [3.8, 4) is 11.6 Å². The first-order valence-electron chi connectivity index (χ1n) is 8.28. The Labute approximate surface area is 172 Å². The lowest BCUT2D eigenvalue weighted by molar-refractivity contribution is 0.0682. The monoisotopic (exact) mass is 421 g/mol. The summed E-state index contributed by atoms with van der Waals surface area (Å²) in [5, 5.41) is 49.3. The molecule has 0 spiro atoms. The molecule has 0 aliphatic carbocycles. The van der Waals surface area contributed by atoms with Crippen molar-refractivity contribution >= 4 is 35.1 Å². The zero-order chi connectivity index (χ0) is 22.7. The Hall–Kier alpha value is -5.05. The van der Waals surface area contributed by atoms with Crippen LogP contribution in [0, 0.1) is 6.57 Å². The largest absolute Gasteiger partial charge is 0.491 e. The number of azo groups is 1. The predicted octanol–water partition coefficient (Wildman–Crippen LogP) is 3.64. The van der Waals surface area contributed by atoms with Crippen molar-refractivity contribution in [2.45, 2.75) is 0 Å². The number of rotatable bonds is 6. The number of carboxylic acids is 3. The lowest BCUT2D eigenvalue weighted by Crippen LogP contribution is -2.06. The smallest absolute Gasteiger partial charge is 0.335 e. The highest BCUT2D eigenvalue weighted by molar-refractivity contribution is 5.95. The number of carbonyl (C=O) groups is 3. The molecule has 0 amide bonds. The number of hydrogen-bond acceptors (Lipinski definition) is 7. The van der Waals surface area contributed by atoms with Crippen molar-refractivity contribution in [2.75, 3.05) is 0 Å². The van der Waals surface area contributed by atoms with Crippen LogP contribution in [0.1, 0.15) is 31.1 Å². The van der Waals surface area contributed by atoms with Gasteiger partial charge in [-0.05, 0) is 41.5 Å². The van der Waals surface area contributed by atoms with Crippen LogP contribution < -0.4 is 0 Å². The molecule has 3 aromatic rings. The first-order valence-corrected chi connectivity index (χ1v) is 8.28. The van der Waals surface area contributed by atoms with Crippen molar-refractivity contribution in [3.05, 3.63) is 70.6 Å². The van der Waals surface area contributed by atoms with E-state index >= 15 is 0 Å². The summed E-state index contributed by atoms with van der Waals surface area (Å²) >= 11 is 0. The Balaban J connectivity index is 2.10. The average Bonchev–Trinajstić information content (AvgIpc) is 3.07. The third-order valence-corrected chi connectivity index (χ3v) is 3.94. The number of nitrogens with zero attached hydrogens (tertiary/aromatic N) is 5. The highest BCUT2D eigenvalue weighted by Crippen LogP contribution is 2.39. The van der Waals surface area contributed by atoms with Gasteiger partial charge >= 0.3 is 23.7 Å². The Kier molecular flexibility index (Phi) is 5.42. The SMILES string of the molecule is [C-]#[N+]c1nn(-c2cc(C(=O)O)cc(C(=O)O)c2)c(O)c1/N=N/c1cccc(C(=O)O)c1. The van der Waals surface area contributed by atoms with Crippen molar-refractivity contribution in [1.29, 1.82) is 0 Å². The molecule has 2 aromatic carbocycles. The number of aromatic nitrogens is 2. The molecule has 0 atom stereocenters. The van der Waals surface area contributed by atoms with Gasteiger partial charge in [-0.25, -0.2) is 14.4 Å². The van der Waals surface area contributed by atoms with E-state index in [1.54, 1.807) is 0 Å². The van der Waals surface area contributed by atoms with E-state index in [9.17, 15) is 29.7 Å². The quantitative estimate of drug-likeness (QED) is 0.344. The van der Waals surface area contributed by atoms with E-state index in [0.29, 0.717) is 0 Å². The van der Waals surface area contributed by atoms with Gasteiger partial charge < -0.3 is 25.3 Å². The van der Waals surface area contributed by atoms with Crippen molar-refractivity contribution in [3.63, 3.8) is 0 Å². The molecule has 0 aliphatic rings. The maximum atomic E-state index is 11.3. The summed E-state index contributed by atoms with van der Waals surface area (Å²) in [5.74, 6) is -5.07. The highest BCUT2D eigenvalue weighted by atomic mass is 16.4. The van der Waals surface area contributed by atoms with Crippen molar-refractivity contribution in [1.82, 2.24) is 9.78 Å². The summed E-state index contributed by atoms with van der Waals surface area (Å²) in [5.41, 5.74) is -1.16. The van der Waals surface area contributed by atoms with Crippen LogP contribution in [0.4, 0.5) is 17.2 Å². The van der Waals surface area contributed by atoms with Crippen LogP contribution in [0.3, 0.4) is 0 Å². The normalized spacial score (nSPS) is 10.7. The fourth-order valence-corrected chi connectivity index (χ4v) is 2.52. The molecule has 4 N–H and O–H groups in total. The van der Waals surface area contributed by atoms with Gasteiger partial charge in [0.25, 0.3) is 0 Å². The minimum atomic E-state index is -1.40. The van der Waals surface area contributed by atoms with Crippen LogP contribution >= 0.6 is 0 Å². The van der Waals surface area contributed by atoms with E-state index in [1.165, 1.54) is 24.3 Å². The van der Waals surface area contributed by atoms with Gasteiger partial charge in [0.05, 0.1) is 28.1 Å². The molecule has 0 radical (unpaired) electrons. The zero-order valence-electron chi connectivity index (χ0n) is 15.3. The van der Waals surface area contributed by atoms with Crippen molar-refractivity contribution < 1.29 is 34.8 Å². The maximum Gasteiger partial charge on any atom is 0.335 e. The van der Waals surface area contributed by atoms with E-state index < -0.39 is 29.6 Å². The molecular formula is C19H11N5O7. The predicted molar refractivity (Wildman–Crippen MR) is 103 cm³/mol. The first kappa shape index (κ1) is 20.7. The molecule has 0 saturated carbocycles. The van der Waals surface area contributed by atoms with E-state index in [4.69, 9.17) is 11.7 Å². The van der Waals surface area contributed by atoms with E-state index in [0.717, 1.165) is 22.9 Å². The molecule has 154 valence electrons. The fourth-order valence-electron chi connectivity index (χ4n) is 2.52. The van der Waals surface area contributed by atoms with E-state index in [1.807, 2.05) is 0 Å². The maximum absolute atomic E-state index is 11.3. The first-order chi connectivity index (χ1) is 14.7. The van der Waals surface area contributed by atoms with Crippen LogP contribution in [-0.4, -0.2) is 48.1 Å². The molecule has 12 heteroatoms. The van der Waals surface area contributed by atoms with Crippen LogP contribution in [-0.2, 0) is 0 Å². The Morgan fingerprint density at radius 2 is 1.52 bits per heavy atom. The molecular weight excluding hydrogens is 410 g/mol. The molecule has 12 nitrogen and oxygen atoms in total. The molecule has 0 fully saturated rings.